The van der Waals surface area contributed by atoms with Crippen LogP contribution in [0, 0.1) is 5.92 Å². The van der Waals surface area contributed by atoms with Crippen LogP contribution in [0.2, 0.25) is 0 Å². The molecule has 2 atom stereocenters. The van der Waals surface area contributed by atoms with Crippen LogP contribution >= 0.6 is 0 Å². The van der Waals surface area contributed by atoms with Gasteiger partial charge in [-0.05, 0) is 12.3 Å². The van der Waals surface area contributed by atoms with Crippen LogP contribution in [0.15, 0.2) is 4.99 Å². The van der Waals surface area contributed by atoms with E-state index in [4.69, 9.17) is 0 Å². The molecule has 0 amide bonds. The minimum Gasteiger partial charge on any atom is -0.294 e. The van der Waals surface area contributed by atoms with E-state index in [-0.39, 0.29) is 0 Å². The second-order valence-electron chi connectivity index (χ2n) is 2.37. The number of hydrogen-bond acceptors (Lipinski definition) is 1. The van der Waals surface area contributed by atoms with Crippen molar-refractivity contribution in [2.24, 2.45) is 10.9 Å². The summed E-state index contributed by atoms with van der Waals surface area (Å²) in [5.74, 6) is 0.440. The van der Waals surface area contributed by atoms with Crippen molar-refractivity contribution in [3.63, 3.8) is 0 Å². The van der Waals surface area contributed by atoms with Crippen LogP contribution in [-0.4, -0.2) is 18.9 Å². The molecular formula is C6H10FN. The van der Waals surface area contributed by atoms with Gasteiger partial charge in [0.2, 0.25) is 0 Å². The van der Waals surface area contributed by atoms with Gasteiger partial charge in [0.25, 0.3) is 0 Å². The summed E-state index contributed by atoms with van der Waals surface area (Å²) < 4.78 is 12.3. The van der Waals surface area contributed by atoms with E-state index in [1.807, 2.05) is 6.92 Å². The summed E-state index contributed by atoms with van der Waals surface area (Å²) in [7, 11) is 0. The van der Waals surface area contributed by atoms with Crippen LogP contribution in [-0.2, 0) is 0 Å². The van der Waals surface area contributed by atoms with E-state index in [9.17, 15) is 4.39 Å². The molecule has 2 unspecified atom stereocenters. The average Bonchev–Trinajstić information content (AvgIpc) is 1.64. The van der Waals surface area contributed by atoms with Gasteiger partial charge in [-0.25, -0.2) is 4.39 Å². The first-order valence-electron chi connectivity index (χ1n) is 2.93. The lowest BCUT2D eigenvalue weighted by Crippen LogP contribution is -2.16. The average molecular weight is 115 g/mol. The number of hydrogen-bond donors (Lipinski definition) is 0. The molecule has 0 aromatic heterocycles. The molecule has 1 aliphatic rings. The van der Waals surface area contributed by atoms with Crippen molar-refractivity contribution in [1.29, 1.82) is 0 Å². The van der Waals surface area contributed by atoms with Gasteiger partial charge in [-0.1, -0.05) is 6.92 Å². The third kappa shape index (κ3) is 1.29. The molecule has 0 saturated carbocycles. The molecule has 0 aromatic rings. The highest BCUT2D eigenvalue weighted by Crippen LogP contribution is 2.11. The summed E-state index contributed by atoms with van der Waals surface area (Å²) in [6.45, 7) is 2.82. The first-order chi connectivity index (χ1) is 3.79. The third-order valence-corrected chi connectivity index (χ3v) is 1.31. The molecule has 0 fully saturated rings. The Labute approximate surface area is 48.6 Å². The summed E-state index contributed by atoms with van der Waals surface area (Å²) in [5, 5.41) is 0. The van der Waals surface area contributed by atoms with E-state index >= 15 is 0 Å². The van der Waals surface area contributed by atoms with Gasteiger partial charge >= 0.3 is 0 Å². The maximum atomic E-state index is 12.3. The van der Waals surface area contributed by atoms with Gasteiger partial charge < -0.3 is 0 Å². The molecule has 2 heteroatoms. The maximum Gasteiger partial charge on any atom is 0.135 e. The first-order valence-corrected chi connectivity index (χ1v) is 2.93. The zero-order valence-corrected chi connectivity index (χ0v) is 4.97. The predicted molar refractivity (Wildman–Crippen MR) is 32.0 cm³/mol. The maximum absolute atomic E-state index is 12.3. The Balaban J connectivity index is 2.42. The van der Waals surface area contributed by atoms with Crippen molar-refractivity contribution in [2.45, 2.75) is 19.5 Å². The molecule has 1 nitrogen and oxygen atoms in total. The smallest absolute Gasteiger partial charge is 0.135 e. The Morgan fingerprint density at radius 1 is 1.75 bits per heavy atom. The fourth-order valence-electron chi connectivity index (χ4n) is 0.875. The molecule has 1 heterocycles. The number of aliphatic imine (C=N–C) groups is 1. The molecular weight excluding hydrogens is 105 g/mol. The number of alkyl halides is 1. The van der Waals surface area contributed by atoms with Crippen LogP contribution in [0.1, 0.15) is 13.3 Å². The summed E-state index contributed by atoms with van der Waals surface area (Å²) in [6, 6.07) is 0. The highest BCUT2D eigenvalue weighted by molar-refractivity contribution is 5.63. The second-order valence-corrected chi connectivity index (χ2v) is 2.37. The zero-order chi connectivity index (χ0) is 5.98. The van der Waals surface area contributed by atoms with Crippen LogP contribution in [0.3, 0.4) is 0 Å². The van der Waals surface area contributed by atoms with E-state index in [0.717, 1.165) is 6.54 Å². The van der Waals surface area contributed by atoms with E-state index < -0.39 is 6.17 Å². The van der Waals surface area contributed by atoms with Crippen molar-refractivity contribution >= 4 is 6.21 Å². The Bertz CT molecular complexity index is 101. The van der Waals surface area contributed by atoms with Gasteiger partial charge in [0.1, 0.15) is 6.17 Å². The van der Waals surface area contributed by atoms with Crippen LogP contribution in [0.5, 0.6) is 0 Å². The monoisotopic (exact) mass is 115 g/mol. The lowest BCUT2D eigenvalue weighted by atomic mass is 10.0. The molecule has 0 spiro atoms. The Kier molecular flexibility index (Phi) is 1.61. The predicted octanol–water partition coefficient (Wildman–Crippen LogP) is 1.44. The lowest BCUT2D eigenvalue weighted by Gasteiger charge is -2.13. The van der Waals surface area contributed by atoms with Gasteiger partial charge in [0.05, 0.1) is 0 Å². The third-order valence-electron chi connectivity index (χ3n) is 1.31. The second kappa shape index (κ2) is 2.25. The molecule has 0 aliphatic carbocycles. The number of nitrogens with zero attached hydrogens (tertiary/aromatic N) is 1. The van der Waals surface area contributed by atoms with E-state index in [1.165, 1.54) is 6.21 Å². The summed E-state index contributed by atoms with van der Waals surface area (Å²) >= 11 is 0. The van der Waals surface area contributed by atoms with E-state index in [2.05, 4.69) is 4.99 Å². The van der Waals surface area contributed by atoms with Crippen LogP contribution in [0.25, 0.3) is 0 Å². The topological polar surface area (TPSA) is 12.4 Å². The van der Waals surface area contributed by atoms with Crippen molar-refractivity contribution in [2.75, 3.05) is 6.54 Å². The van der Waals surface area contributed by atoms with E-state index in [1.54, 1.807) is 0 Å². The van der Waals surface area contributed by atoms with Gasteiger partial charge in [-0.15, -0.1) is 0 Å². The zero-order valence-electron chi connectivity index (χ0n) is 4.97. The molecule has 0 bridgehead atoms. The van der Waals surface area contributed by atoms with Crippen LogP contribution < -0.4 is 0 Å². The molecule has 0 N–H and O–H groups in total. The standard InChI is InChI=1S/C6H10FN/c1-5-2-6(7)4-8-3-5/h4-6H,2-3H2,1H3. The quantitative estimate of drug-likeness (QED) is 0.453. The fourth-order valence-corrected chi connectivity index (χ4v) is 0.875. The highest BCUT2D eigenvalue weighted by atomic mass is 19.1. The molecule has 1 rings (SSSR count). The summed E-state index contributed by atoms with van der Waals surface area (Å²) in [4.78, 5) is 3.84. The van der Waals surface area contributed by atoms with Crippen LogP contribution in [0.4, 0.5) is 4.39 Å². The van der Waals surface area contributed by atoms with E-state index in [0.29, 0.717) is 12.3 Å². The molecule has 1 aliphatic heterocycles. The van der Waals surface area contributed by atoms with Gasteiger partial charge in [-0.3, -0.25) is 4.99 Å². The Morgan fingerprint density at radius 3 is 2.88 bits per heavy atom. The SMILES string of the molecule is CC1CN=CC(F)C1. The molecule has 0 saturated heterocycles. The summed E-state index contributed by atoms with van der Waals surface area (Å²) in [5.41, 5.74) is 0. The molecule has 0 radical (unpaired) electrons. The van der Waals surface area contributed by atoms with Crippen molar-refractivity contribution in [3.8, 4) is 0 Å². The molecule has 0 aromatic carbocycles. The normalized spacial score (nSPS) is 37.8. The summed E-state index contributed by atoms with van der Waals surface area (Å²) in [6.07, 6.45) is 1.28. The lowest BCUT2D eigenvalue weighted by molar-refractivity contribution is 0.342. The molecule has 8 heavy (non-hydrogen) atoms. The Morgan fingerprint density at radius 2 is 2.50 bits per heavy atom. The minimum absolute atomic E-state index is 0.440. The van der Waals surface area contributed by atoms with Gasteiger partial charge in [0.15, 0.2) is 0 Å². The highest BCUT2D eigenvalue weighted by Gasteiger charge is 2.12. The van der Waals surface area contributed by atoms with Gasteiger partial charge in [-0.2, -0.15) is 0 Å². The van der Waals surface area contributed by atoms with Crippen molar-refractivity contribution < 1.29 is 4.39 Å². The number of halogens is 1. The largest absolute Gasteiger partial charge is 0.294 e. The first kappa shape index (κ1) is 5.73. The van der Waals surface area contributed by atoms with Crippen molar-refractivity contribution in [1.82, 2.24) is 0 Å². The van der Waals surface area contributed by atoms with Crippen molar-refractivity contribution in [3.05, 3.63) is 0 Å². The Hall–Kier alpha value is -0.400. The van der Waals surface area contributed by atoms with Gasteiger partial charge in [0, 0.05) is 12.8 Å². The number of rotatable bonds is 0. The minimum atomic E-state index is -0.779. The molecule has 46 valence electrons. The fraction of sp³-hybridized carbons (Fsp3) is 0.833.